The zero-order valence-electron chi connectivity index (χ0n) is 13.0. The van der Waals surface area contributed by atoms with E-state index in [1.165, 1.54) is 40.9 Å². The van der Waals surface area contributed by atoms with Gasteiger partial charge in [0.1, 0.15) is 5.75 Å². The van der Waals surface area contributed by atoms with Crippen LogP contribution in [0.25, 0.3) is 6.08 Å². The van der Waals surface area contributed by atoms with E-state index in [0.717, 1.165) is 5.56 Å². The first-order valence-electron chi connectivity index (χ1n) is 7.16. The summed E-state index contributed by atoms with van der Waals surface area (Å²) in [6.45, 7) is 0. The van der Waals surface area contributed by atoms with E-state index in [1.807, 2.05) is 24.3 Å². The van der Waals surface area contributed by atoms with Gasteiger partial charge in [-0.25, -0.2) is 0 Å². The van der Waals surface area contributed by atoms with Crippen LogP contribution in [0.5, 0.6) is 5.75 Å². The van der Waals surface area contributed by atoms with Crippen LogP contribution >= 0.6 is 24.0 Å². The number of nitro benzene ring substituents is 1. The fraction of sp³-hybridized carbons (Fsp3) is 0.0588. The molecule has 6 nitrogen and oxygen atoms in total. The van der Waals surface area contributed by atoms with Gasteiger partial charge in [-0.2, -0.15) is 0 Å². The topological polar surface area (TPSA) is 72.7 Å². The second-order valence-corrected chi connectivity index (χ2v) is 6.74. The largest absolute Gasteiger partial charge is 0.497 e. The van der Waals surface area contributed by atoms with Crippen molar-refractivity contribution in [2.24, 2.45) is 0 Å². The van der Waals surface area contributed by atoms with Crippen LogP contribution in [0.4, 0.5) is 11.4 Å². The van der Waals surface area contributed by atoms with E-state index in [4.69, 9.17) is 17.0 Å². The van der Waals surface area contributed by atoms with Crippen molar-refractivity contribution in [2.75, 3.05) is 12.0 Å². The smallest absolute Gasteiger partial charge is 0.270 e. The van der Waals surface area contributed by atoms with Gasteiger partial charge in [0.25, 0.3) is 11.6 Å². The monoisotopic (exact) mass is 372 g/mol. The molecule has 1 fully saturated rings. The van der Waals surface area contributed by atoms with Crippen LogP contribution in [0.1, 0.15) is 5.56 Å². The summed E-state index contributed by atoms with van der Waals surface area (Å²) in [6.07, 6.45) is 1.74. The number of carbonyl (C=O) groups is 1. The zero-order chi connectivity index (χ0) is 18.0. The van der Waals surface area contributed by atoms with Gasteiger partial charge in [0, 0.05) is 12.1 Å². The van der Waals surface area contributed by atoms with Gasteiger partial charge in [0.15, 0.2) is 4.32 Å². The van der Waals surface area contributed by atoms with Crippen LogP contribution < -0.4 is 9.64 Å². The first-order chi connectivity index (χ1) is 12.0. The maximum atomic E-state index is 12.7. The summed E-state index contributed by atoms with van der Waals surface area (Å²) >= 11 is 6.48. The molecule has 0 unspecified atom stereocenters. The minimum Gasteiger partial charge on any atom is -0.497 e. The summed E-state index contributed by atoms with van der Waals surface area (Å²) in [5.41, 5.74) is 1.28. The Morgan fingerprint density at radius 2 is 1.96 bits per heavy atom. The van der Waals surface area contributed by atoms with Crippen molar-refractivity contribution in [3.05, 3.63) is 69.1 Å². The van der Waals surface area contributed by atoms with E-state index in [-0.39, 0.29) is 11.6 Å². The lowest BCUT2D eigenvalue weighted by Gasteiger charge is -2.13. The number of benzene rings is 2. The Balaban J connectivity index is 1.89. The first-order valence-corrected chi connectivity index (χ1v) is 8.38. The van der Waals surface area contributed by atoms with Gasteiger partial charge < -0.3 is 4.74 Å². The third kappa shape index (κ3) is 3.54. The molecule has 1 aliphatic heterocycles. The van der Waals surface area contributed by atoms with Crippen molar-refractivity contribution in [3.8, 4) is 5.75 Å². The lowest BCUT2D eigenvalue weighted by atomic mass is 10.2. The minimum atomic E-state index is -0.489. The maximum Gasteiger partial charge on any atom is 0.270 e. The van der Waals surface area contributed by atoms with Gasteiger partial charge in [0.2, 0.25) is 0 Å². The normalized spacial score (nSPS) is 15.7. The number of rotatable bonds is 4. The lowest BCUT2D eigenvalue weighted by Crippen LogP contribution is -2.27. The van der Waals surface area contributed by atoms with E-state index in [9.17, 15) is 14.9 Å². The molecule has 126 valence electrons. The SMILES string of the molecule is COc1cccc(/C=C2\SC(=S)N(c3ccc([N+](=O)[O-])cc3)C2=O)c1. The predicted molar refractivity (Wildman–Crippen MR) is 102 cm³/mol. The minimum absolute atomic E-state index is 0.0406. The van der Waals surface area contributed by atoms with Gasteiger partial charge in [-0.1, -0.05) is 36.1 Å². The molecule has 3 rings (SSSR count). The molecule has 1 amide bonds. The molecule has 1 aliphatic rings. The van der Waals surface area contributed by atoms with Crippen molar-refractivity contribution in [1.82, 2.24) is 0 Å². The number of thioether (sulfide) groups is 1. The second-order valence-electron chi connectivity index (χ2n) is 5.07. The highest BCUT2D eigenvalue weighted by molar-refractivity contribution is 8.27. The summed E-state index contributed by atoms with van der Waals surface area (Å²) in [5.74, 6) is 0.436. The van der Waals surface area contributed by atoms with Crippen LogP contribution in [0.2, 0.25) is 0 Å². The molecule has 1 saturated heterocycles. The van der Waals surface area contributed by atoms with E-state index in [1.54, 1.807) is 13.2 Å². The third-order valence-electron chi connectivity index (χ3n) is 3.50. The Morgan fingerprint density at radius 1 is 1.24 bits per heavy atom. The highest BCUT2D eigenvalue weighted by Crippen LogP contribution is 2.36. The summed E-state index contributed by atoms with van der Waals surface area (Å²) in [5, 5.41) is 10.7. The number of non-ortho nitro benzene ring substituents is 1. The average molecular weight is 372 g/mol. The number of hydrogen-bond acceptors (Lipinski definition) is 6. The molecular formula is C17H12N2O4S2. The van der Waals surface area contributed by atoms with Crippen molar-refractivity contribution < 1.29 is 14.5 Å². The molecule has 0 aliphatic carbocycles. The van der Waals surface area contributed by atoms with Gasteiger partial charge >= 0.3 is 0 Å². The number of carbonyl (C=O) groups excluding carboxylic acids is 1. The molecular weight excluding hydrogens is 360 g/mol. The Labute approximate surface area is 153 Å². The molecule has 2 aromatic carbocycles. The van der Waals surface area contributed by atoms with E-state index in [2.05, 4.69) is 0 Å². The number of amides is 1. The first kappa shape index (κ1) is 17.1. The molecule has 8 heteroatoms. The van der Waals surface area contributed by atoms with Gasteiger partial charge in [-0.15, -0.1) is 0 Å². The second kappa shape index (κ2) is 7.04. The molecule has 0 aromatic heterocycles. The molecule has 0 radical (unpaired) electrons. The number of nitrogens with zero attached hydrogens (tertiary/aromatic N) is 2. The third-order valence-corrected chi connectivity index (χ3v) is 4.81. The number of ether oxygens (including phenoxy) is 1. The number of thiocarbonyl (C=S) groups is 1. The molecule has 25 heavy (non-hydrogen) atoms. The van der Waals surface area contributed by atoms with Crippen molar-refractivity contribution >= 4 is 51.7 Å². The van der Waals surface area contributed by atoms with E-state index in [0.29, 0.717) is 20.7 Å². The summed E-state index contributed by atoms with van der Waals surface area (Å²) in [4.78, 5) is 24.8. The van der Waals surface area contributed by atoms with Crippen molar-refractivity contribution in [1.29, 1.82) is 0 Å². The van der Waals surface area contributed by atoms with Gasteiger partial charge in [-0.3, -0.25) is 19.8 Å². The van der Waals surface area contributed by atoms with Crippen molar-refractivity contribution in [3.63, 3.8) is 0 Å². The van der Waals surface area contributed by atoms with Crippen LogP contribution in [0.15, 0.2) is 53.4 Å². The van der Waals surface area contributed by atoms with Crippen LogP contribution in [-0.4, -0.2) is 22.3 Å². The number of methoxy groups -OCH3 is 1. The Bertz CT molecular complexity index is 894. The number of hydrogen-bond donors (Lipinski definition) is 0. The van der Waals surface area contributed by atoms with Crippen LogP contribution in [0, 0.1) is 10.1 Å². The fourth-order valence-corrected chi connectivity index (χ4v) is 3.60. The summed E-state index contributed by atoms with van der Waals surface area (Å²) in [6, 6.07) is 13.1. The van der Waals surface area contributed by atoms with Gasteiger partial charge in [-0.05, 0) is 35.9 Å². The van der Waals surface area contributed by atoms with E-state index >= 15 is 0 Å². The fourth-order valence-electron chi connectivity index (χ4n) is 2.30. The van der Waals surface area contributed by atoms with Crippen LogP contribution in [-0.2, 0) is 4.79 Å². The Morgan fingerprint density at radius 3 is 2.60 bits per heavy atom. The highest BCUT2D eigenvalue weighted by Gasteiger charge is 2.33. The van der Waals surface area contributed by atoms with Gasteiger partial charge in [0.05, 0.1) is 22.6 Å². The number of anilines is 1. The van der Waals surface area contributed by atoms with Crippen LogP contribution in [0.3, 0.4) is 0 Å². The zero-order valence-corrected chi connectivity index (χ0v) is 14.7. The highest BCUT2D eigenvalue weighted by atomic mass is 32.2. The standard InChI is InChI=1S/C17H12N2O4S2/c1-23-14-4-2-3-11(9-14)10-15-16(20)18(17(24)25-15)12-5-7-13(8-6-12)19(21)22/h2-10H,1H3/b15-10-. The summed E-state index contributed by atoms with van der Waals surface area (Å²) < 4.78 is 5.56. The van der Waals surface area contributed by atoms with E-state index < -0.39 is 4.92 Å². The molecule has 0 N–H and O–H groups in total. The lowest BCUT2D eigenvalue weighted by molar-refractivity contribution is -0.384. The number of nitro groups is 1. The Hall–Kier alpha value is -2.71. The summed E-state index contributed by atoms with van der Waals surface area (Å²) in [7, 11) is 1.58. The Kier molecular flexibility index (Phi) is 4.82. The molecule has 0 saturated carbocycles. The average Bonchev–Trinajstić information content (AvgIpc) is 2.88. The molecule has 0 spiro atoms. The predicted octanol–water partition coefficient (Wildman–Crippen LogP) is 4.01. The van der Waals surface area contributed by atoms with Crippen molar-refractivity contribution in [2.45, 2.75) is 0 Å². The molecule has 0 bridgehead atoms. The molecule has 0 atom stereocenters. The maximum absolute atomic E-state index is 12.7. The quantitative estimate of drug-likeness (QED) is 0.349. The molecule has 2 aromatic rings. The molecule has 1 heterocycles.